The third-order valence-electron chi connectivity index (χ3n) is 2.57. The van der Waals surface area contributed by atoms with E-state index in [-0.39, 0.29) is 0 Å². The highest BCUT2D eigenvalue weighted by molar-refractivity contribution is 6.33. The summed E-state index contributed by atoms with van der Waals surface area (Å²) in [5.74, 6) is 1.34. The van der Waals surface area contributed by atoms with Gasteiger partial charge in [0.05, 0.1) is 5.02 Å². The van der Waals surface area contributed by atoms with Gasteiger partial charge in [0.25, 0.3) is 0 Å². The molecule has 1 aromatic rings. The van der Waals surface area contributed by atoms with E-state index in [1.807, 2.05) is 6.07 Å². The lowest BCUT2D eigenvalue weighted by Gasteiger charge is -2.46. The van der Waals surface area contributed by atoms with E-state index >= 15 is 0 Å². The second-order valence-corrected chi connectivity index (χ2v) is 5.48. The first-order valence-corrected chi connectivity index (χ1v) is 5.88. The Kier molecular flexibility index (Phi) is 2.82. The Bertz CT molecular complexity index is 369. The van der Waals surface area contributed by atoms with Gasteiger partial charge in [-0.2, -0.15) is 0 Å². The number of halogens is 2. The Balaban J connectivity index is 2.17. The van der Waals surface area contributed by atoms with E-state index < -0.39 is 0 Å². The minimum atomic E-state index is 0.385. The summed E-state index contributed by atoms with van der Waals surface area (Å²) in [6.07, 6.45) is 1.79. The Morgan fingerprint density at radius 3 is 2.60 bits per heavy atom. The number of anilines is 1. The molecule has 4 heteroatoms. The molecule has 0 N–H and O–H groups in total. The van der Waals surface area contributed by atoms with Crippen molar-refractivity contribution in [3.8, 4) is 0 Å². The first kappa shape index (κ1) is 11.0. The molecule has 15 heavy (non-hydrogen) atoms. The minimum Gasteiger partial charge on any atom is -0.354 e. The summed E-state index contributed by atoms with van der Waals surface area (Å²) < 4.78 is 0. The van der Waals surface area contributed by atoms with Crippen molar-refractivity contribution in [1.82, 2.24) is 4.98 Å². The molecule has 0 saturated carbocycles. The number of rotatable bonds is 2. The van der Waals surface area contributed by atoms with Crippen LogP contribution in [-0.2, 0) is 5.88 Å². The monoisotopic (exact) mass is 244 g/mol. The largest absolute Gasteiger partial charge is 0.354 e. The predicted octanol–water partition coefficient (Wildman–Crippen LogP) is 3.32. The van der Waals surface area contributed by atoms with Crippen LogP contribution in [0.3, 0.4) is 0 Å². The summed E-state index contributed by atoms with van der Waals surface area (Å²) in [5.41, 5.74) is 1.35. The zero-order valence-electron chi connectivity index (χ0n) is 8.93. The van der Waals surface area contributed by atoms with Crippen molar-refractivity contribution in [1.29, 1.82) is 0 Å². The summed E-state index contributed by atoms with van der Waals surface area (Å²) in [4.78, 5) is 6.54. The van der Waals surface area contributed by atoms with Crippen molar-refractivity contribution in [3.63, 3.8) is 0 Å². The van der Waals surface area contributed by atoms with Gasteiger partial charge in [-0.05, 0) is 17.0 Å². The lowest BCUT2D eigenvalue weighted by Crippen LogP contribution is -2.53. The molecular weight excluding hydrogens is 231 g/mol. The van der Waals surface area contributed by atoms with Gasteiger partial charge in [-0.1, -0.05) is 25.4 Å². The highest BCUT2D eigenvalue weighted by atomic mass is 35.5. The Morgan fingerprint density at radius 2 is 2.13 bits per heavy atom. The van der Waals surface area contributed by atoms with Crippen LogP contribution in [0.1, 0.15) is 19.4 Å². The number of hydrogen-bond donors (Lipinski definition) is 0. The molecule has 0 spiro atoms. The molecule has 1 aliphatic heterocycles. The van der Waals surface area contributed by atoms with Crippen molar-refractivity contribution in [2.45, 2.75) is 19.7 Å². The molecule has 0 radical (unpaired) electrons. The van der Waals surface area contributed by atoms with Gasteiger partial charge >= 0.3 is 0 Å². The summed E-state index contributed by atoms with van der Waals surface area (Å²) in [5, 5.41) is 0.698. The zero-order valence-corrected chi connectivity index (χ0v) is 10.4. The average Bonchev–Trinajstić information content (AvgIpc) is 2.14. The Labute approximate surface area is 100 Å². The maximum absolute atomic E-state index is 6.15. The molecule has 1 fully saturated rings. The fraction of sp³-hybridized carbons (Fsp3) is 0.545. The van der Waals surface area contributed by atoms with Crippen LogP contribution in [0, 0.1) is 5.41 Å². The van der Waals surface area contributed by atoms with E-state index in [0.717, 1.165) is 24.5 Å². The molecule has 0 atom stereocenters. The molecule has 2 nitrogen and oxygen atoms in total. The number of alkyl halides is 1. The Hall–Kier alpha value is -0.470. The molecular formula is C11H14Cl2N2. The van der Waals surface area contributed by atoms with Crippen molar-refractivity contribution < 1.29 is 0 Å². The van der Waals surface area contributed by atoms with Gasteiger partial charge in [0.15, 0.2) is 0 Å². The van der Waals surface area contributed by atoms with Crippen LogP contribution >= 0.6 is 23.2 Å². The smallest absolute Gasteiger partial charge is 0.147 e. The first-order valence-electron chi connectivity index (χ1n) is 4.97. The molecule has 1 saturated heterocycles. The van der Waals surface area contributed by atoms with Crippen LogP contribution in [0.2, 0.25) is 5.02 Å². The van der Waals surface area contributed by atoms with Crippen LogP contribution < -0.4 is 4.90 Å². The molecule has 0 bridgehead atoms. The standard InChI is InChI=1S/C11H14Cl2N2/c1-11(2)6-15(7-11)10-9(13)3-8(4-12)5-14-10/h3,5H,4,6-7H2,1-2H3. The second-order valence-electron chi connectivity index (χ2n) is 4.80. The van der Waals surface area contributed by atoms with Crippen LogP contribution in [0.4, 0.5) is 5.82 Å². The maximum Gasteiger partial charge on any atom is 0.147 e. The molecule has 2 heterocycles. The van der Waals surface area contributed by atoms with E-state index in [9.17, 15) is 0 Å². The van der Waals surface area contributed by atoms with Gasteiger partial charge in [0, 0.05) is 25.2 Å². The van der Waals surface area contributed by atoms with Crippen LogP contribution in [0.25, 0.3) is 0 Å². The fourth-order valence-electron chi connectivity index (χ4n) is 1.91. The second kappa shape index (κ2) is 3.84. The first-order chi connectivity index (χ1) is 7.02. The molecule has 0 aliphatic carbocycles. The third kappa shape index (κ3) is 2.21. The average molecular weight is 245 g/mol. The number of hydrogen-bond acceptors (Lipinski definition) is 2. The van der Waals surface area contributed by atoms with Gasteiger partial charge in [0.1, 0.15) is 5.82 Å². The molecule has 1 aliphatic rings. The predicted molar refractivity (Wildman–Crippen MR) is 64.8 cm³/mol. The summed E-state index contributed by atoms with van der Waals surface area (Å²) >= 11 is 11.9. The molecule has 1 aromatic heterocycles. The lowest BCUT2D eigenvalue weighted by atomic mass is 9.84. The van der Waals surface area contributed by atoms with E-state index in [1.165, 1.54) is 0 Å². The SMILES string of the molecule is CC1(C)CN(c2ncc(CCl)cc2Cl)C1. The topological polar surface area (TPSA) is 16.1 Å². The van der Waals surface area contributed by atoms with Gasteiger partial charge in [-0.25, -0.2) is 4.98 Å². The summed E-state index contributed by atoms with van der Waals surface area (Å²) in [7, 11) is 0. The van der Waals surface area contributed by atoms with Crippen molar-refractivity contribution >= 4 is 29.0 Å². The quantitative estimate of drug-likeness (QED) is 0.743. The number of nitrogens with zero attached hydrogens (tertiary/aromatic N) is 2. The highest BCUT2D eigenvalue weighted by Gasteiger charge is 2.35. The van der Waals surface area contributed by atoms with Gasteiger partial charge in [-0.3, -0.25) is 0 Å². The van der Waals surface area contributed by atoms with Gasteiger partial charge < -0.3 is 4.90 Å². The van der Waals surface area contributed by atoms with E-state index in [0.29, 0.717) is 16.3 Å². The fourth-order valence-corrected chi connectivity index (χ4v) is 2.37. The zero-order chi connectivity index (χ0) is 11.1. The van der Waals surface area contributed by atoms with Crippen LogP contribution in [-0.4, -0.2) is 18.1 Å². The molecule has 0 aromatic carbocycles. The van der Waals surface area contributed by atoms with E-state index in [1.54, 1.807) is 6.20 Å². The van der Waals surface area contributed by atoms with Crippen LogP contribution in [0.15, 0.2) is 12.3 Å². The third-order valence-corrected chi connectivity index (χ3v) is 3.16. The van der Waals surface area contributed by atoms with Crippen molar-refractivity contribution in [3.05, 3.63) is 22.8 Å². The lowest BCUT2D eigenvalue weighted by molar-refractivity contribution is 0.274. The minimum absolute atomic E-state index is 0.385. The highest BCUT2D eigenvalue weighted by Crippen LogP contribution is 2.35. The summed E-state index contributed by atoms with van der Waals surface area (Å²) in [6.45, 7) is 6.51. The van der Waals surface area contributed by atoms with E-state index in [2.05, 4.69) is 23.7 Å². The normalized spacial score (nSPS) is 18.8. The molecule has 2 rings (SSSR count). The molecule has 82 valence electrons. The van der Waals surface area contributed by atoms with Crippen molar-refractivity contribution in [2.75, 3.05) is 18.0 Å². The van der Waals surface area contributed by atoms with Crippen LogP contribution in [0.5, 0.6) is 0 Å². The number of aromatic nitrogens is 1. The van der Waals surface area contributed by atoms with Gasteiger partial charge in [-0.15, -0.1) is 11.6 Å². The molecule has 0 unspecified atom stereocenters. The number of pyridine rings is 1. The molecule has 0 amide bonds. The van der Waals surface area contributed by atoms with Gasteiger partial charge in [0.2, 0.25) is 0 Å². The van der Waals surface area contributed by atoms with Crippen molar-refractivity contribution in [2.24, 2.45) is 5.41 Å². The maximum atomic E-state index is 6.15. The van der Waals surface area contributed by atoms with E-state index in [4.69, 9.17) is 23.2 Å². The summed E-state index contributed by atoms with van der Waals surface area (Å²) in [6, 6.07) is 1.89. The Morgan fingerprint density at radius 1 is 1.47 bits per heavy atom.